The van der Waals surface area contributed by atoms with Crippen molar-refractivity contribution in [1.82, 2.24) is 14.8 Å². The predicted octanol–water partition coefficient (Wildman–Crippen LogP) is 1.60. The van der Waals surface area contributed by atoms with E-state index in [2.05, 4.69) is 10.1 Å². The number of thiazole rings is 1. The molecular weight excluding hydrogens is 278 g/mol. The standard InChI is InChI=1S/C13H9N3O3S/c17-12-9-4-2-1-3-8(9)11(13(18)19)15-16(12)7-10-14-5-6-20-10/h1-6H,7H2,(H,18,19). The van der Waals surface area contributed by atoms with Crippen LogP contribution in [0.3, 0.4) is 0 Å². The van der Waals surface area contributed by atoms with Gasteiger partial charge in [-0.05, 0) is 6.07 Å². The van der Waals surface area contributed by atoms with Crippen LogP contribution in [0.5, 0.6) is 0 Å². The van der Waals surface area contributed by atoms with Crippen LogP contribution in [0.4, 0.5) is 0 Å². The van der Waals surface area contributed by atoms with E-state index in [0.29, 0.717) is 15.8 Å². The Hall–Kier alpha value is -2.54. The SMILES string of the molecule is O=C(O)c1nn(Cc2nccs2)c(=O)c2ccccc12. The molecule has 1 N–H and O–H groups in total. The summed E-state index contributed by atoms with van der Waals surface area (Å²) in [5.41, 5.74) is -0.447. The number of carbonyl (C=O) groups is 1. The lowest BCUT2D eigenvalue weighted by atomic mass is 10.1. The third kappa shape index (κ3) is 2.08. The number of benzene rings is 1. The lowest BCUT2D eigenvalue weighted by Crippen LogP contribution is -2.26. The van der Waals surface area contributed by atoms with E-state index in [1.807, 2.05) is 0 Å². The van der Waals surface area contributed by atoms with E-state index >= 15 is 0 Å². The third-order valence-electron chi connectivity index (χ3n) is 2.84. The van der Waals surface area contributed by atoms with Crippen LogP contribution in [0.15, 0.2) is 40.6 Å². The number of rotatable bonds is 3. The van der Waals surface area contributed by atoms with Crippen molar-refractivity contribution in [3.8, 4) is 0 Å². The van der Waals surface area contributed by atoms with E-state index in [0.717, 1.165) is 4.68 Å². The summed E-state index contributed by atoms with van der Waals surface area (Å²) < 4.78 is 1.14. The zero-order valence-electron chi connectivity index (χ0n) is 10.2. The Morgan fingerprint density at radius 3 is 2.70 bits per heavy atom. The highest BCUT2D eigenvalue weighted by atomic mass is 32.1. The second kappa shape index (κ2) is 4.86. The van der Waals surface area contributed by atoms with Gasteiger partial charge in [-0.25, -0.2) is 14.5 Å². The predicted molar refractivity (Wildman–Crippen MR) is 74.2 cm³/mol. The second-order valence-electron chi connectivity index (χ2n) is 4.09. The molecule has 3 rings (SSSR count). The van der Waals surface area contributed by atoms with Gasteiger partial charge in [-0.15, -0.1) is 11.3 Å². The zero-order valence-corrected chi connectivity index (χ0v) is 11.0. The Morgan fingerprint density at radius 1 is 1.30 bits per heavy atom. The molecule has 6 nitrogen and oxygen atoms in total. The number of aromatic nitrogens is 3. The average molecular weight is 287 g/mol. The number of hydrogen-bond donors (Lipinski definition) is 1. The minimum atomic E-state index is -1.16. The molecular formula is C13H9N3O3S. The van der Waals surface area contributed by atoms with Gasteiger partial charge in [0.25, 0.3) is 5.56 Å². The molecule has 0 aliphatic rings. The van der Waals surface area contributed by atoms with Crippen LogP contribution in [0, 0.1) is 0 Å². The molecule has 0 bridgehead atoms. The van der Waals surface area contributed by atoms with E-state index in [4.69, 9.17) is 0 Å². The molecule has 1 aromatic carbocycles. The Morgan fingerprint density at radius 2 is 2.05 bits per heavy atom. The van der Waals surface area contributed by atoms with Gasteiger partial charge in [-0.2, -0.15) is 5.10 Å². The van der Waals surface area contributed by atoms with Crippen molar-refractivity contribution in [2.45, 2.75) is 6.54 Å². The largest absolute Gasteiger partial charge is 0.476 e. The van der Waals surface area contributed by atoms with Gasteiger partial charge in [0, 0.05) is 17.0 Å². The summed E-state index contributed by atoms with van der Waals surface area (Å²) >= 11 is 1.39. The van der Waals surface area contributed by atoms with Crippen molar-refractivity contribution < 1.29 is 9.90 Å². The van der Waals surface area contributed by atoms with Crippen molar-refractivity contribution in [2.24, 2.45) is 0 Å². The van der Waals surface area contributed by atoms with Gasteiger partial charge in [0.15, 0.2) is 5.69 Å². The molecule has 100 valence electrons. The molecule has 2 heterocycles. The molecule has 0 amide bonds. The molecule has 0 spiro atoms. The highest BCUT2D eigenvalue weighted by Gasteiger charge is 2.15. The first-order valence-electron chi connectivity index (χ1n) is 5.78. The van der Waals surface area contributed by atoms with Crippen LogP contribution in [0.2, 0.25) is 0 Å². The molecule has 0 atom stereocenters. The average Bonchev–Trinajstić information content (AvgIpc) is 2.94. The number of carboxylic acids is 1. The van der Waals surface area contributed by atoms with Crippen LogP contribution >= 0.6 is 11.3 Å². The maximum Gasteiger partial charge on any atom is 0.357 e. The molecule has 0 saturated heterocycles. The molecule has 7 heteroatoms. The van der Waals surface area contributed by atoms with Crippen LogP contribution in [-0.2, 0) is 6.54 Å². The second-order valence-corrected chi connectivity index (χ2v) is 5.07. The van der Waals surface area contributed by atoms with Crippen molar-refractivity contribution in [3.05, 3.63) is 56.9 Å². The van der Waals surface area contributed by atoms with Gasteiger partial charge in [0.1, 0.15) is 5.01 Å². The normalized spacial score (nSPS) is 10.8. The summed E-state index contributed by atoms with van der Waals surface area (Å²) in [6, 6.07) is 6.56. The summed E-state index contributed by atoms with van der Waals surface area (Å²) in [7, 11) is 0. The van der Waals surface area contributed by atoms with Crippen molar-refractivity contribution in [3.63, 3.8) is 0 Å². The van der Waals surface area contributed by atoms with Gasteiger partial charge in [0.05, 0.1) is 11.9 Å². The summed E-state index contributed by atoms with van der Waals surface area (Å²) in [5.74, 6) is -1.16. The van der Waals surface area contributed by atoms with E-state index in [9.17, 15) is 14.7 Å². The van der Waals surface area contributed by atoms with Crippen LogP contribution in [0.25, 0.3) is 10.8 Å². The Labute approximate surface area is 116 Å². The minimum absolute atomic E-state index is 0.128. The topological polar surface area (TPSA) is 85.1 Å². The maximum atomic E-state index is 12.3. The van der Waals surface area contributed by atoms with Gasteiger partial charge in [-0.1, -0.05) is 18.2 Å². The van der Waals surface area contributed by atoms with Crippen molar-refractivity contribution in [2.75, 3.05) is 0 Å². The fourth-order valence-electron chi connectivity index (χ4n) is 1.96. The molecule has 3 aromatic rings. The first-order valence-corrected chi connectivity index (χ1v) is 6.66. The fraction of sp³-hybridized carbons (Fsp3) is 0.0769. The van der Waals surface area contributed by atoms with E-state index in [1.54, 1.807) is 35.8 Å². The minimum Gasteiger partial charge on any atom is -0.476 e. The van der Waals surface area contributed by atoms with Gasteiger partial charge < -0.3 is 5.11 Å². The highest BCUT2D eigenvalue weighted by Crippen LogP contribution is 2.14. The van der Waals surface area contributed by atoms with Crippen molar-refractivity contribution in [1.29, 1.82) is 0 Å². The quantitative estimate of drug-likeness (QED) is 0.791. The summed E-state index contributed by atoms with van der Waals surface area (Å²) in [5, 5.41) is 16.4. The number of carboxylic acid groups (broad SMARTS) is 1. The molecule has 0 fully saturated rings. The smallest absolute Gasteiger partial charge is 0.357 e. The zero-order chi connectivity index (χ0) is 14.1. The highest BCUT2D eigenvalue weighted by molar-refractivity contribution is 7.09. The third-order valence-corrected chi connectivity index (χ3v) is 3.60. The summed E-state index contributed by atoms with van der Waals surface area (Å²) in [6.07, 6.45) is 1.63. The number of nitrogens with zero attached hydrogens (tertiary/aromatic N) is 3. The first kappa shape index (κ1) is 12.5. The van der Waals surface area contributed by atoms with E-state index in [1.165, 1.54) is 11.3 Å². The Bertz CT molecular complexity index is 840. The number of hydrogen-bond acceptors (Lipinski definition) is 5. The first-order chi connectivity index (χ1) is 9.66. The van der Waals surface area contributed by atoms with Crippen LogP contribution < -0.4 is 5.56 Å². The maximum absolute atomic E-state index is 12.3. The lowest BCUT2D eigenvalue weighted by molar-refractivity contribution is 0.0690. The molecule has 0 aliphatic carbocycles. The van der Waals surface area contributed by atoms with Crippen molar-refractivity contribution >= 4 is 28.1 Å². The van der Waals surface area contributed by atoms with E-state index < -0.39 is 5.97 Å². The fourth-order valence-corrected chi connectivity index (χ4v) is 2.56. The molecule has 0 unspecified atom stereocenters. The summed E-state index contributed by atoms with van der Waals surface area (Å²) in [4.78, 5) is 27.7. The molecule has 2 aromatic heterocycles. The summed E-state index contributed by atoms with van der Waals surface area (Å²) in [6.45, 7) is 0.168. The van der Waals surface area contributed by atoms with Gasteiger partial charge in [-0.3, -0.25) is 4.79 Å². The molecule has 20 heavy (non-hydrogen) atoms. The van der Waals surface area contributed by atoms with Gasteiger partial charge >= 0.3 is 5.97 Å². The van der Waals surface area contributed by atoms with Gasteiger partial charge in [0.2, 0.25) is 0 Å². The Balaban J connectivity index is 2.25. The molecule has 0 radical (unpaired) electrons. The Kier molecular flexibility index (Phi) is 3.03. The lowest BCUT2D eigenvalue weighted by Gasteiger charge is -2.07. The monoisotopic (exact) mass is 287 g/mol. The van der Waals surface area contributed by atoms with Crippen LogP contribution in [-0.4, -0.2) is 25.8 Å². The van der Waals surface area contributed by atoms with Crippen LogP contribution in [0.1, 0.15) is 15.5 Å². The number of fused-ring (bicyclic) bond motifs is 1. The number of aromatic carboxylic acids is 1. The molecule has 0 aliphatic heterocycles. The molecule has 0 saturated carbocycles. The van der Waals surface area contributed by atoms with E-state index in [-0.39, 0.29) is 17.8 Å².